The topological polar surface area (TPSA) is 38.5 Å². The Balaban J connectivity index is 1.88. The van der Waals surface area contributed by atoms with Crippen LogP contribution in [0, 0.1) is 0 Å². The van der Waals surface area contributed by atoms with E-state index in [1.807, 2.05) is 18.4 Å². The number of nitrogens with zero attached hydrogens (tertiary/aromatic N) is 1. The van der Waals surface area contributed by atoms with Gasteiger partial charge in [-0.1, -0.05) is 0 Å². The van der Waals surface area contributed by atoms with Crippen LogP contribution in [0.15, 0.2) is 12.1 Å². The first-order valence-electron chi connectivity index (χ1n) is 5.84. The van der Waals surface area contributed by atoms with Crippen LogP contribution in [0.2, 0.25) is 0 Å². The molecule has 1 aliphatic heterocycles. The number of ether oxygens (including phenoxy) is 1. The van der Waals surface area contributed by atoms with Crippen LogP contribution in [0.4, 0.5) is 0 Å². The lowest BCUT2D eigenvalue weighted by atomic mass is 10.1. The Morgan fingerprint density at radius 2 is 2.31 bits per heavy atom. The van der Waals surface area contributed by atoms with Crippen molar-refractivity contribution in [3.05, 3.63) is 21.9 Å². The first-order chi connectivity index (χ1) is 7.81. The van der Waals surface area contributed by atoms with E-state index in [-0.39, 0.29) is 0 Å². The fourth-order valence-corrected chi connectivity index (χ4v) is 3.13. The molecule has 1 aromatic heterocycles. The van der Waals surface area contributed by atoms with Crippen molar-refractivity contribution in [1.29, 1.82) is 0 Å². The molecular weight excluding hydrogens is 220 g/mol. The third kappa shape index (κ3) is 3.04. The number of thiophene rings is 1. The molecule has 0 amide bonds. The van der Waals surface area contributed by atoms with Crippen molar-refractivity contribution in [2.45, 2.75) is 32.0 Å². The third-order valence-corrected chi connectivity index (χ3v) is 4.19. The summed E-state index contributed by atoms with van der Waals surface area (Å²) < 4.78 is 5.43. The molecule has 0 bridgehead atoms. The highest BCUT2D eigenvalue weighted by atomic mass is 32.1. The average Bonchev–Trinajstić information content (AvgIpc) is 2.77. The van der Waals surface area contributed by atoms with E-state index in [1.54, 1.807) is 0 Å². The second-order valence-electron chi connectivity index (χ2n) is 4.31. The number of hydrogen-bond acceptors (Lipinski definition) is 4. The van der Waals surface area contributed by atoms with E-state index in [4.69, 9.17) is 10.5 Å². The molecule has 90 valence electrons. The second kappa shape index (κ2) is 5.77. The number of rotatable bonds is 4. The summed E-state index contributed by atoms with van der Waals surface area (Å²) in [6.07, 6.45) is 2.86. The molecule has 2 heterocycles. The molecule has 3 nitrogen and oxygen atoms in total. The normalized spacial score (nSPS) is 22.5. The molecule has 1 saturated heterocycles. The second-order valence-corrected chi connectivity index (χ2v) is 5.56. The molecule has 0 radical (unpaired) electrons. The largest absolute Gasteiger partial charge is 0.380 e. The maximum Gasteiger partial charge on any atom is 0.0698 e. The predicted octanol–water partition coefficient (Wildman–Crippen LogP) is 1.82. The minimum atomic E-state index is 0.419. The monoisotopic (exact) mass is 240 g/mol. The molecule has 2 rings (SSSR count). The van der Waals surface area contributed by atoms with Gasteiger partial charge in [0.15, 0.2) is 0 Å². The fourth-order valence-electron chi connectivity index (χ4n) is 2.19. The highest BCUT2D eigenvalue weighted by molar-refractivity contribution is 7.11. The molecule has 16 heavy (non-hydrogen) atoms. The summed E-state index contributed by atoms with van der Waals surface area (Å²) in [5.74, 6) is 0. The maximum atomic E-state index is 5.62. The van der Waals surface area contributed by atoms with Crippen molar-refractivity contribution in [3.8, 4) is 0 Å². The lowest BCUT2D eigenvalue weighted by molar-refractivity contribution is 0.0289. The van der Waals surface area contributed by atoms with Gasteiger partial charge in [-0.25, -0.2) is 0 Å². The zero-order valence-corrected chi connectivity index (χ0v) is 10.6. The Bertz CT molecular complexity index is 327. The molecule has 1 aliphatic rings. The Hall–Kier alpha value is -0.420. The van der Waals surface area contributed by atoms with Crippen LogP contribution in [0.25, 0.3) is 0 Å². The van der Waals surface area contributed by atoms with Crippen molar-refractivity contribution in [3.63, 3.8) is 0 Å². The van der Waals surface area contributed by atoms with Crippen LogP contribution in [-0.4, -0.2) is 31.2 Å². The molecule has 0 aliphatic carbocycles. The summed E-state index contributed by atoms with van der Waals surface area (Å²) >= 11 is 1.83. The van der Waals surface area contributed by atoms with Crippen molar-refractivity contribution < 1.29 is 4.74 Å². The summed E-state index contributed by atoms with van der Waals surface area (Å²) in [5, 5.41) is 0. The zero-order chi connectivity index (χ0) is 11.4. The minimum absolute atomic E-state index is 0.419. The number of hydrogen-bond donors (Lipinski definition) is 1. The van der Waals surface area contributed by atoms with Crippen LogP contribution in [0.1, 0.15) is 22.6 Å². The zero-order valence-electron chi connectivity index (χ0n) is 9.82. The van der Waals surface area contributed by atoms with E-state index in [0.717, 1.165) is 13.1 Å². The van der Waals surface area contributed by atoms with E-state index < -0.39 is 0 Å². The van der Waals surface area contributed by atoms with E-state index in [1.165, 1.54) is 29.1 Å². The molecular formula is C12H20N2OS. The van der Waals surface area contributed by atoms with Crippen molar-refractivity contribution in [1.82, 2.24) is 4.90 Å². The van der Waals surface area contributed by atoms with Gasteiger partial charge in [0.1, 0.15) is 0 Å². The Morgan fingerprint density at radius 3 is 3.00 bits per heavy atom. The van der Waals surface area contributed by atoms with Gasteiger partial charge in [-0.2, -0.15) is 0 Å². The van der Waals surface area contributed by atoms with Gasteiger partial charge in [0, 0.05) is 36.5 Å². The molecule has 1 aromatic rings. The van der Waals surface area contributed by atoms with Crippen molar-refractivity contribution in [2.24, 2.45) is 5.73 Å². The Labute approximate surface area is 101 Å². The lowest BCUT2D eigenvalue weighted by Crippen LogP contribution is -2.38. The first kappa shape index (κ1) is 12.0. The van der Waals surface area contributed by atoms with Gasteiger partial charge >= 0.3 is 0 Å². The molecule has 0 saturated carbocycles. The van der Waals surface area contributed by atoms with E-state index in [0.29, 0.717) is 12.6 Å². The van der Waals surface area contributed by atoms with Crippen LogP contribution in [0.5, 0.6) is 0 Å². The molecule has 1 atom stereocenters. The predicted molar refractivity (Wildman–Crippen MR) is 67.5 cm³/mol. The van der Waals surface area contributed by atoms with Gasteiger partial charge in [0.05, 0.1) is 6.10 Å². The summed E-state index contributed by atoms with van der Waals surface area (Å²) in [6, 6.07) is 4.33. The van der Waals surface area contributed by atoms with Crippen LogP contribution < -0.4 is 5.73 Å². The number of nitrogens with two attached hydrogens (primary N) is 1. The number of likely N-dealkylation sites (tertiary alicyclic amines) is 1. The quantitative estimate of drug-likeness (QED) is 0.872. The maximum absolute atomic E-state index is 5.62. The number of methoxy groups -OCH3 is 1. The van der Waals surface area contributed by atoms with Gasteiger partial charge in [-0.3, -0.25) is 4.90 Å². The van der Waals surface area contributed by atoms with E-state index in [2.05, 4.69) is 17.0 Å². The molecule has 1 fully saturated rings. The smallest absolute Gasteiger partial charge is 0.0698 e. The van der Waals surface area contributed by atoms with Crippen LogP contribution in [0.3, 0.4) is 0 Å². The highest BCUT2D eigenvalue weighted by Crippen LogP contribution is 2.20. The third-order valence-electron chi connectivity index (χ3n) is 3.09. The molecule has 4 heteroatoms. The summed E-state index contributed by atoms with van der Waals surface area (Å²) in [5.41, 5.74) is 5.62. The van der Waals surface area contributed by atoms with E-state index >= 15 is 0 Å². The van der Waals surface area contributed by atoms with Gasteiger partial charge in [-0.05, 0) is 31.5 Å². The van der Waals surface area contributed by atoms with Gasteiger partial charge in [-0.15, -0.1) is 11.3 Å². The number of piperidine rings is 1. The van der Waals surface area contributed by atoms with Gasteiger partial charge in [0.2, 0.25) is 0 Å². The molecule has 0 spiro atoms. The summed E-state index contributed by atoms with van der Waals surface area (Å²) in [6.45, 7) is 3.96. The Morgan fingerprint density at radius 1 is 1.50 bits per heavy atom. The van der Waals surface area contributed by atoms with E-state index in [9.17, 15) is 0 Å². The van der Waals surface area contributed by atoms with Crippen molar-refractivity contribution in [2.75, 3.05) is 20.2 Å². The lowest BCUT2D eigenvalue weighted by Gasteiger charge is -2.31. The summed E-state index contributed by atoms with van der Waals surface area (Å²) in [4.78, 5) is 5.16. The van der Waals surface area contributed by atoms with Crippen molar-refractivity contribution >= 4 is 11.3 Å². The fraction of sp³-hybridized carbons (Fsp3) is 0.667. The molecule has 2 N–H and O–H groups in total. The minimum Gasteiger partial charge on any atom is -0.380 e. The van der Waals surface area contributed by atoms with Gasteiger partial charge in [0.25, 0.3) is 0 Å². The molecule has 1 unspecified atom stereocenters. The standard InChI is InChI=1S/C12H20N2OS/c1-15-10-3-2-6-14(8-10)9-12-5-4-11(7-13)16-12/h4-5,10H,2-3,6-9,13H2,1H3. The Kier molecular flexibility index (Phi) is 4.35. The first-order valence-corrected chi connectivity index (χ1v) is 6.66. The highest BCUT2D eigenvalue weighted by Gasteiger charge is 2.19. The van der Waals surface area contributed by atoms with Crippen LogP contribution in [-0.2, 0) is 17.8 Å². The SMILES string of the molecule is COC1CCCN(Cc2ccc(CN)s2)C1. The molecule has 0 aromatic carbocycles. The average molecular weight is 240 g/mol. The summed E-state index contributed by atoms with van der Waals surface area (Å²) in [7, 11) is 1.81. The van der Waals surface area contributed by atoms with Crippen LogP contribution >= 0.6 is 11.3 Å². The van der Waals surface area contributed by atoms with Gasteiger partial charge < -0.3 is 10.5 Å².